The van der Waals surface area contributed by atoms with Gasteiger partial charge in [-0.25, -0.2) is 9.97 Å². The van der Waals surface area contributed by atoms with Crippen LogP contribution in [0.1, 0.15) is 16.2 Å². The number of carbonyl (C=O) groups is 1. The van der Waals surface area contributed by atoms with E-state index < -0.39 is 0 Å². The molecule has 28 heavy (non-hydrogen) atoms. The molecular formula is C20H19ClN4O3. The number of benzene rings is 2. The second kappa shape index (κ2) is 8.58. The van der Waals surface area contributed by atoms with Crippen LogP contribution in [0.5, 0.6) is 11.5 Å². The third kappa shape index (κ3) is 4.69. The minimum absolute atomic E-state index is 0.241. The van der Waals surface area contributed by atoms with Crippen LogP contribution in [0.4, 0.5) is 17.3 Å². The van der Waals surface area contributed by atoms with Crippen molar-refractivity contribution in [3.8, 4) is 11.5 Å². The smallest absolute Gasteiger partial charge is 0.274 e. The Hall–Kier alpha value is -3.32. The average molecular weight is 399 g/mol. The highest BCUT2D eigenvalue weighted by atomic mass is 35.5. The fourth-order valence-corrected chi connectivity index (χ4v) is 2.74. The summed E-state index contributed by atoms with van der Waals surface area (Å²) in [5, 5.41) is 6.31. The van der Waals surface area contributed by atoms with Gasteiger partial charge in [0.05, 0.1) is 19.2 Å². The number of anilines is 3. The van der Waals surface area contributed by atoms with Crippen molar-refractivity contribution < 1.29 is 14.3 Å². The number of aryl methyl sites for hydroxylation is 1. The molecule has 1 amide bonds. The van der Waals surface area contributed by atoms with Gasteiger partial charge in [-0.15, -0.1) is 0 Å². The Morgan fingerprint density at radius 2 is 1.68 bits per heavy atom. The number of hydrogen-bond acceptors (Lipinski definition) is 6. The first-order chi connectivity index (χ1) is 13.5. The monoisotopic (exact) mass is 398 g/mol. The van der Waals surface area contributed by atoms with Gasteiger partial charge in [-0.1, -0.05) is 11.6 Å². The van der Waals surface area contributed by atoms with E-state index in [9.17, 15) is 4.79 Å². The largest absolute Gasteiger partial charge is 0.497 e. The van der Waals surface area contributed by atoms with Crippen molar-refractivity contribution in [1.82, 2.24) is 9.97 Å². The first-order valence-corrected chi connectivity index (χ1v) is 8.78. The zero-order valence-corrected chi connectivity index (χ0v) is 16.4. The highest BCUT2D eigenvalue weighted by molar-refractivity contribution is 6.32. The standard InChI is InChI=1S/C20H19ClN4O3/c1-12-10-17(19(26)23-13-4-7-15(27-2)8-5-13)25-20(22-12)24-14-6-9-18(28-3)16(21)11-14/h4-11H,1-3H3,(H,23,26)(H,22,24,25). The SMILES string of the molecule is COc1ccc(NC(=O)c2cc(C)nc(Nc3ccc(OC)c(Cl)c3)n2)cc1. The Morgan fingerprint density at radius 3 is 2.32 bits per heavy atom. The lowest BCUT2D eigenvalue weighted by molar-refractivity contribution is 0.102. The Kier molecular flexibility index (Phi) is 5.96. The van der Waals surface area contributed by atoms with Gasteiger partial charge in [0.2, 0.25) is 5.95 Å². The molecule has 0 unspecified atom stereocenters. The summed E-state index contributed by atoms with van der Waals surface area (Å²) in [6, 6.07) is 13.9. The lowest BCUT2D eigenvalue weighted by atomic mass is 10.2. The van der Waals surface area contributed by atoms with E-state index in [4.69, 9.17) is 21.1 Å². The van der Waals surface area contributed by atoms with Crippen LogP contribution >= 0.6 is 11.6 Å². The molecule has 0 saturated heterocycles. The fourth-order valence-electron chi connectivity index (χ4n) is 2.48. The van der Waals surface area contributed by atoms with Crippen molar-refractivity contribution in [3.05, 3.63) is 64.9 Å². The van der Waals surface area contributed by atoms with E-state index in [1.165, 1.54) is 0 Å². The molecule has 0 saturated carbocycles. The first kappa shape index (κ1) is 19.4. The molecule has 0 fully saturated rings. The predicted molar refractivity (Wildman–Crippen MR) is 109 cm³/mol. The highest BCUT2D eigenvalue weighted by Crippen LogP contribution is 2.28. The number of rotatable bonds is 6. The summed E-state index contributed by atoms with van der Waals surface area (Å²) < 4.78 is 10.3. The Balaban J connectivity index is 1.78. The quantitative estimate of drug-likeness (QED) is 0.638. The molecule has 1 heterocycles. The fraction of sp³-hybridized carbons (Fsp3) is 0.150. The molecular weight excluding hydrogens is 380 g/mol. The van der Waals surface area contributed by atoms with Crippen LogP contribution < -0.4 is 20.1 Å². The van der Waals surface area contributed by atoms with Crippen LogP contribution in [0.25, 0.3) is 0 Å². The van der Waals surface area contributed by atoms with Crippen molar-refractivity contribution in [2.75, 3.05) is 24.9 Å². The van der Waals surface area contributed by atoms with Crippen molar-refractivity contribution in [3.63, 3.8) is 0 Å². The predicted octanol–water partition coefficient (Wildman–Crippen LogP) is 4.45. The van der Waals surface area contributed by atoms with E-state index in [1.54, 1.807) is 69.7 Å². The summed E-state index contributed by atoms with van der Waals surface area (Å²) in [4.78, 5) is 21.2. The van der Waals surface area contributed by atoms with E-state index >= 15 is 0 Å². The molecule has 1 aromatic heterocycles. The molecule has 0 aliphatic heterocycles. The second-order valence-electron chi connectivity index (χ2n) is 5.88. The third-order valence-corrected chi connectivity index (χ3v) is 4.14. The summed E-state index contributed by atoms with van der Waals surface area (Å²) in [5.74, 6) is 1.23. The Bertz CT molecular complexity index is 993. The highest BCUT2D eigenvalue weighted by Gasteiger charge is 2.12. The zero-order chi connectivity index (χ0) is 20.1. The Labute approximate surface area is 167 Å². The molecule has 8 heteroatoms. The van der Waals surface area contributed by atoms with Crippen LogP contribution in [0.15, 0.2) is 48.5 Å². The number of halogens is 1. The maximum atomic E-state index is 12.6. The summed E-state index contributed by atoms with van der Waals surface area (Å²) in [6.45, 7) is 1.79. The molecule has 2 aromatic carbocycles. The molecule has 3 rings (SSSR count). The van der Waals surface area contributed by atoms with Gasteiger partial charge < -0.3 is 20.1 Å². The van der Waals surface area contributed by atoms with Crippen LogP contribution in [0.3, 0.4) is 0 Å². The van der Waals surface area contributed by atoms with Crippen LogP contribution in [0.2, 0.25) is 5.02 Å². The molecule has 2 N–H and O–H groups in total. The lowest BCUT2D eigenvalue weighted by Gasteiger charge is -2.10. The van der Waals surface area contributed by atoms with Gasteiger partial charge in [0, 0.05) is 17.1 Å². The van der Waals surface area contributed by atoms with Crippen molar-refractivity contribution in [1.29, 1.82) is 0 Å². The summed E-state index contributed by atoms with van der Waals surface area (Å²) in [7, 11) is 3.13. The summed E-state index contributed by atoms with van der Waals surface area (Å²) >= 11 is 6.14. The molecule has 0 aliphatic rings. The Morgan fingerprint density at radius 1 is 0.964 bits per heavy atom. The number of nitrogens with zero attached hydrogens (tertiary/aromatic N) is 2. The minimum atomic E-state index is -0.341. The number of nitrogens with one attached hydrogen (secondary N) is 2. The number of methoxy groups -OCH3 is 2. The van der Waals surface area contributed by atoms with Crippen molar-refractivity contribution in [2.24, 2.45) is 0 Å². The number of amides is 1. The van der Waals surface area contributed by atoms with E-state index in [0.717, 1.165) is 0 Å². The van der Waals surface area contributed by atoms with Gasteiger partial charge in [0.1, 0.15) is 17.2 Å². The normalized spacial score (nSPS) is 10.3. The molecule has 7 nitrogen and oxygen atoms in total. The van der Waals surface area contributed by atoms with Gasteiger partial charge in [-0.3, -0.25) is 4.79 Å². The molecule has 0 radical (unpaired) electrons. The van der Waals surface area contributed by atoms with Gasteiger partial charge in [-0.05, 0) is 55.5 Å². The van der Waals surface area contributed by atoms with Crippen molar-refractivity contribution in [2.45, 2.75) is 6.92 Å². The summed E-state index contributed by atoms with van der Waals surface area (Å²) in [5.41, 5.74) is 2.21. The summed E-state index contributed by atoms with van der Waals surface area (Å²) in [6.07, 6.45) is 0. The lowest BCUT2D eigenvalue weighted by Crippen LogP contribution is -2.15. The topological polar surface area (TPSA) is 85.4 Å². The molecule has 144 valence electrons. The first-order valence-electron chi connectivity index (χ1n) is 8.40. The van der Waals surface area contributed by atoms with Crippen LogP contribution in [0, 0.1) is 6.92 Å². The number of carbonyl (C=O) groups excluding carboxylic acids is 1. The van der Waals surface area contributed by atoms with E-state index in [2.05, 4.69) is 20.6 Å². The average Bonchev–Trinajstić information content (AvgIpc) is 2.68. The molecule has 0 spiro atoms. The van der Waals surface area contributed by atoms with Crippen LogP contribution in [-0.2, 0) is 0 Å². The molecule has 0 aliphatic carbocycles. The van der Waals surface area contributed by atoms with Crippen molar-refractivity contribution >= 4 is 34.8 Å². The molecule has 0 atom stereocenters. The maximum absolute atomic E-state index is 12.6. The van der Waals surface area contributed by atoms with E-state index in [-0.39, 0.29) is 11.6 Å². The second-order valence-corrected chi connectivity index (χ2v) is 6.28. The number of hydrogen-bond donors (Lipinski definition) is 2. The van der Waals surface area contributed by atoms with Gasteiger partial charge in [0.15, 0.2) is 0 Å². The number of ether oxygens (including phenoxy) is 2. The minimum Gasteiger partial charge on any atom is -0.497 e. The maximum Gasteiger partial charge on any atom is 0.274 e. The van der Waals surface area contributed by atoms with Gasteiger partial charge in [-0.2, -0.15) is 0 Å². The van der Waals surface area contributed by atoms with E-state index in [0.29, 0.717) is 39.5 Å². The van der Waals surface area contributed by atoms with Gasteiger partial charge in [0.25, 0.3) is 5.91 Å². The van der Waals surface area contributed by atoms with Gasteiger partial charge >= 0.3 is 0 Å². The third-order valence-electron chi connectivity index (χ3n) is 3.84. The zero-order valence-electron chi connectivity index (χ0n) is 15.6. The number of aromatic nitrogens is 2. The van der Waals surface area contributed by atoms with Crippen LogP contribution in [-0.4, -0.2) is 30.1 Å². The molecule has 3 aromatic rings. The molecule has 0 bridgehead atoms. The van der Waals surface area contributed by atoms with E-state index in [1.807, 2.05) is 0 Å².